The fourth-order valence-corrected chi connectivity index (χ4v) is 2.91. The molecular weight excluding hydrogens is 364 g/mol. The summed E-state index contributed by atoms with van der Waals surface area (Å²) in [5.74, 6) is -1.28. The number of hydrogen-bond acceptors (Lipinski definition) is 6. The summed E-state index contributed by atoms with van der Waals surface area (Å²) in [7, 11) is 0. The van der Waals surface area contributed by atoms with Crippen LogP contribution in [0, 0.1) is 5.92 Å². The number of nitrogens with zero attached hydrogens (tertiary/aromatic N) is 1. The fourth-order valence-electron chi connectivity index (χ4n) is 2.91. The van der Waals surface area contributed by atoms with Crippen molar-refractivity contribution in [3.05, 3.63) is 54.0 Å². The summed E-state index contributed by atoms with van der Waals surface area (Å²) in [6, 6.07) is 9.88. The molecule has 0 saturated carbocycles. The zero-order valence-corrected chi connectivity index (χ0v) is 15.3. The molecule has 1 fully saturated rings. The fraction of sp³-hybridized carbons (Fsp3) is 0.300. The van der Waals surface area contributed by atoms with Crippen molar-refractivity contribution in [3.8, 4) is 0 Å². The van der Waals surface area contributed by atoms with E-state index in [2.05, 4.69) is 5.32 Å². The standard InChI is InChI=1S/C20H20N2O6/c1-13(23)14-4-6-16(7-5-14)21-18(24)12-28-20(26)15-9-19(25)22(10-15)11-17-3-2-8-27-17/h2-8,15H,9-12H2,1H3,(H,21,24)/t15-/m0/s1. The van der Waals surface area contributed by atoms with Crippen molar-refractivity contribution in [2.24, 2.45) is 5.92 Å². The second-order valence-corrected chi connectivity index (χ2v) is 6.54. The average Bonchev–Trinajstić information content (AvgIpc) is 3.31. The minimum Gasteiger partial charge on any atom is -0.467 e. The van der Waals surface area contributed by atoms with Gasteiger partial charge >= 0.3 is 5.97 Å². The minimum atomic E-state index is -0.606. The summed E-state index contributed by atoms with van der Waals surface area (Å²) in [4.78, 5) is 48.9. The molecule has 0 aliphatic carbocycles. The van der Waals surface area contributed by atoms with E-state index >= 15 is 0 Å². The van der Waals surface area contributed by atoms with Gasteiger partial charge in [-0.2, -0.15) is 0 Å². The number of likely N-dealkylation sites (tertiary alicyclic amines) is 1. The number of ether oxygens (including phenoxy) is 1. The first-order chi connectivity index (χ1) is 13.4. The number of hydrogen-bond donors (Lipinski definition) is 1. The Hall–Kier alpha value is -3.42. The van der Waals surface area contributed by atoms with Gasteiger partial charge in [0.1, 0.15) is 5.76 Å². The largest absolute Gasteiger partial charge is 0.467 e. The van der Waals surface area contributed by atoms with Crippen LogP contribution in [0.25, 0.3) is 0 Å². The molecule has 146 valence electrons. The molecular formula is C20H20N2O6. The molecule has 0 bridgehead atoms. The van der Waals surface area contributed by atoms with Crippen molar-refractivity contribution in [1.29, 1.82) is 0 Å². The SMILES string of the molecule is CC(=O)c1ccc(NC(=O)COC(=O)[C@H]2CC(=O)N(Cc3ccco3)C2)cc1. The van der Waals surface area contributed by atoms with Crippen molar-refractivity contribution in [1.82, 2.24) is 4.90 Å². The normalized spacial score (nSPS) is 16.1. The van der Waals surface area contributed by atoms with Gasteiger partial charge in [-0.15, -0.1) is 0 Å². The first kappa shape index (κ1) is 19.3. The van der Waals surface area contributed by atoms with Gasteiger partial charge in [-0.3, -0.25) is 19.2 Å². The molecule has 3 rings (SSSR count). The third kappa shape index (κ3) is 4.85. The quantitative estimate of drug-likeness (QED) is 0.578. The van der Waals surface area contributed by atoms with E-state index in [9.17, 15) is 19.2 Å². The van der Waals surface area contributed by atoms with Gasteiger partial charge in [-0.25, -0.2) is 0 Å². The van der Waals surface area contributed by atoms with Crippen LogP contribution in [0.2, 0.25) is 0 Å². The molecule has 2 aromatic rings. The molecule has 1 atom stereocenters. The van der Waals surface area contributed by atoms with E-state index in [1.165, 1.54) is 18.1 Å². The topological polar surface area (TPSA) is 106 Å². The van der Waals surface area contributed by atoms with Gasteiger partial charge in [0.15, 0.2) is 12.4 Å². The van der Waals surface area contributed by atoms with Crippen LogP contribution in [0.5, 0.6) is 0 Å². The summed E-state index contributed by atoms with van der Waals surface area (Å²) in [5, 5.41) is 2.58. The maximum absolute atomic E-state index is 12.2. The summed E-state index contributed by atoms with van der Waals surface area (Å²) < 4.78 is 10.3. The monoisotopic (exact) mass is 384 g/mol. The van der Waals surface area contributed by atoms with Gasteiger partial charge < -0.3 is 19.4 Å². The smallest absolute Gasteiger partial charge is 0.311 e. The highest BCUT2D eigenvalue weighted by Gasteiger charge is 2.35. The van der Waals surface area contributed by atoms with E-state index in [0.29, 0.717) is 23.6 Å². The molecule has 0 unspecified atom stereocenters. The third-order valence-electron chi connectivity index (χ3n) is 4.40. The Balaban J connectivity index is 1.45. The van der Waals surface area contributed by atoms with Crippen molar-refractivity contribution in [2.45, 2.75) is 19.9 Å². The summed E-state index contributed by atoms with van der Waals surface area (Å²) >= 11 is 0. The van der Waals surface area contributed by atoms with Crippen LogP contribution in [0.3, 0.4) is 0 Å². The first-order valence-electron chi connectivity index (χ1n) is 8.80. The first-order valence-corrected chi connectivity index (χ1v) is 8.80. The Morgan fingerprint density at radius 2 is 1.96 bits per heavy atom. The molecule has 8 nitrogen and oxygen atoms in total. The van der Waals surface area contributed by atoms with Gasteiger partial charge in [-0.1, -0.05) is 0 Å². The minimum absolute atomic E-state index is 0.0493. The Labute approximate surface area is 161 Å². The van der Waals surface area contributed by atoms with Crippen molar-refractivity contribution in [3.63, 3.8) is 0 Å². The number of nitrogens with one attached hydrogen (secondary N) is 1. The highest BCUT2D eigenvalue weighted by molar-refractivity contribution is 5.96. The zero-order chi connectivity index (χ0) is 20.1. The van der Waals surface area contributed by atoms with Crippen LogP contribution < -0.4 is 5.32 Å². The maximum Gasteiger partial charge on any atom is 0.311 e. The number of amides is 2. The number of anilines is 1. The number of esters is 1. The molecule has 28 heavy (non-hydrogen) atoms. The molecule has 1 aromatic heterocycles. The molecule has 0 spiro atoms. The number of carbonyl (C=O) groups is 4. The van der Waals surface area contributed by atoms with E-state index < -0.39 is 24.4 Å². The summed E-state index contributed by atoms with van der Waals surface area (Å²) in [6.45, 7) is 1.53. The van der Waals surface area contributed by atoms with Crippen LogP contribution in [0.4, 0.5) is 5.69 Å². The molecule has 1 aromatic carbocycles. The Morgan fingerprint density at radius 1 is 1.21 bits per heavy atom. The van der Waals surface area contributed by atoms with E-state index in [-0.39, 0.29) is 24.7 Å². The van der Waals surface area contributed by atoms with Gasteiger partial charge in [0.25, 0.3) is 5.91 Å². The van der Waals surface area contributed by atoms with Crippen LogP contribution in [-0.2, 0) is 25.7 Å². The molecule has 2 heterocycles. The Morgan fingerprint density at radius 3 is 2.61 bits per heavy atom. The van der Waals surface area contributed by atoms with Gasteiger partial charge in [-0.05, 0) is 43.3 Å². The van der Waals surface area contributed by atoms with E-state index in [4.69, 9.17) is 9.15 Å². The zero-order valence-electron chi connectivity index (χ0n) is 15.3. The molecule has 1 aliphatic heterocycles. The predicted molar refractivity (Wildman–Crippen MR) is 98.3 cm³/mol. The van der Waals surface area contributed by atoms with E-state index in [0.717, 1.165) is 0 Å². The highest BCUT2D eigenvalue weighted by atomic mass is 16.5. The molecule has 1 aliphatic rings. The summed E-state index contributed by atoms with van der Waals surface area (Å²) in [5.41, 5.74) is 1.03. The number of carbonyl (C=O) groups excluding carboxylic acids is 4. The van der Waals surface area contributed by atoms with Crippen molar-refractivity contribution < 1.29 is 28.3 Å². The molecule has 1 saturated heterocycles. The second-order valence-electron chi connectivity index (χ2n) is 6.54. The van der Waals surface area contributed by atoms with Gasteiger partial charge in [0.2, 0.25) is 5.91 Å². The third-order valence-corrected chi connectivity index (χ3v) is 4.40. The van der Waals surface area contributed by atoms with E-state index in [1.807, 2.05) is 0 Å². The lowest BCUT2D eigenvalue weighted by Crippen LogP contribution is -2.28. The number of Topliss-reactive ketones (excluding diaryl/α,β-unsaturated/α-hetero) is 1. The average molecular weight is 384 g/mol. The van der Waals surface area contributed by atoms with Gasteiger partial charge in [0, 0.05) is 24.2 Å². The maximum atomic E-state index is 12.2. The molecule has 2 amide bonds. The lowest BCUT2D eigenvalue weighted by Gasteiger charge is -2.14. The van der Waals surface area contributed by atoms with Crippen LogP contribution >= 0.6 is 0 Å². The lowest BCUT2D eigenvalue weighted by molar-refractivity contribution is -0.151. The number of furan rings is 1. The van der Waals surface area contributed by atoms with Crippen LogP contribution in [0.1, 0.15) is 29.5 Å². The lowest BCUT2D eigenvalue weighted by atomic mass is 10.1. The van der Waals surface area contributed by atoms with E-state index in [1.54, 1.807) is 36.4 Å². The molecule has 0 radical (unpaired) electrons. The molecule has 1 N–H and O–H groups in total. The Kier molecular flexibility index (Phi) is 5.88. The highest BCUT2D eigenvalue weighted by Crippen LogP contribution is 2.21. The number of ketones is 1. The second kappa shape index (κ2) is 8.51. The van der Waals surface area contributed by atoms with Gasteiger partial charge in [0.05, 0.1) is 18.7 Å². The number of benzene rings is 1. The number of rotatable bonds is 7. The van der Waals surface area contributed by atoms with Crippen LogP contribution in [0.15, 0.2) is 47.1 Å². The van der Waals surface area contributed by atoms with Crippen LogP contribution in [-0.4, -0.2) is 41.6 Å². The van der Waals surface area contributed by atoms with Crippen molar-refractivity contribution >= 4 is 29.3 Å². The Bertz CT molecular complexity index is 873. The predicted octanol–water partition coefficient (Wildman–Crippen LogP) is 2.01. The molecule has 8 heteroatoms. The summed E-state index contributed by atoms with van der Waals surface area (Å²) in [6.07, 6.45) is 1.57. The van der Waals surface area contributed by atoms with Crippen molar-refractivity contribution in [2.75, 3.05) is 18.5 Å².